The predicted molar refractivity (Wildman–Crippen MR) is 112 cm³/mol. The highest BCUT2D eigenvalue weighted by atomic mass is 16.5. The quantitative estimate of drug-likeness (QED) is 0.623. The zero-order valence-electron chi connectivity index (χ0n) is 17.2. The van der Waals surface area contributed by atoms with E-state index in [9.17, 15) is 9.59 Å². The average molecular weight is 413 g/mol. The number of benzene rings is 1. The third kappa shape index (κ3) is 4.54. The van der Waals surface area contributed by atoms with Crippen molar-refractivity contribution in [2.24, 2.45) is 0 Å². The van der Waals surface area contributed by atoms with E-state index in [-0.39, 0.29) is 0 Å². The van der Waals surface area contributed by atoms with Crippen molar-refractivity contribution in [3.63, 3.8) is 0 Å². The van der Waals surface area contributed by atoms with Crippen molar-refractivity contribution in [3.05, 3.63) is 47.2 Å². The summed E-state index contributed by atoms with van der Waals surface area (Å²) in [7, 11) is 0. The molecule has 3 N–H and O–H groups in total. The first-order valence-corrected chi connectivity index (χ1v) is 10.1. The number of aromatic nitrogens is 2. The van der Waals surface area contributed by atoms with Gasteiger partial charge in [-0.05, 0) is 55.5 Å². The maximum atomic E-state index is 9.55. The van der Waals surface area contributed by atoms with Crippen molar-refractivity contribution < 1.29 is 24.5 Å². The van der Waals surface area contributed by atoms with Crippen molar-refractivity contribution >= 4 is 11.9 Å². The number of fused-ring (bicyclic) bond motifs is 2. The third-order valence-electron chi connectivity index (χ3n) is 5.30. The lowest BCUT2D eigenvalue weighted by Crippen LogP contribution is -2.38. The second-order valence-electron chi connectivity index (χ2n) is 7.23. The maximum Gasteiger partial charge on any atom is 0.328 e. The maximum absolute atomic E-state index is 9.55. The number of hydrogen-bond acceptors (Lipinski definition) is 5. The third-order valence-corrected chi connectivity index (χ3v) is 5.30. The van der Waals surface area contributed by atoms with Gasteiger partial charge in [-0.15, -0.1) is 0 Å². The lowest BCUT2D eigenvalue weighted by molar-refractivity contribution is -0.134. The summed E-state index contributed by atoms with van der Waals surface area (Å²) in [6.07, 6.45) is 6.49. The molecule has 2 aromatic rings. The SMILES string of the molecule is CCCN1CCc2ccc(OCC)c3c2C1Cc1cn[nH]c1-3.O=C(O)C=CC(=O)O. The molecule has 0 bridgehead atoms. The van der Waals surface area contributed by atoms with Crippen molar-refractivity contribution in [1.82, 2.24) is 15.1 Å². The second kappa shape index (κ2) is 9.58. The minimum Gasteiger partial charge on any atom is -0.493 e. The first-order valence-electron chi connectivity index (χ1n) is 10.1. The van der Waals surface area contributed by atoms with Crippen molar-refractivity contribution in [3.8, 4) is 17.0 Å². The second-order valence-corrected chi connectivity index (χ2v) is 7.23. The van der Waals surface area contributed by atoms with Crippen LogP contribution in [-0.2, 0) is 22.4 Å². The van der Waals surface area contributed by atoms with Crippen LogP contribution in [0.3, 0.4) is 0 Å². The van der Waals surface area contributed by atoms with Crippen LogP contribution in [0.25, 0.3) is 11.3 Å². The monoisotopic (exact) mass is 413 g/mol. The van der Waals surface area contributed by atoms with Gasteiger partial charge in [-0.25, -0.2) is 9.59 Å². The molecule has 0 fully saturated rings. The lowest BCUT2D eigenvalue weighted by Gasteiger charge is -2.41. The molecule has 1 aromatic carbocycles. The number of aliphatic carboxylic acids is 2. The van der Waals surface area contributed by atoms with Gasteiger partial charge in [0.25, 0.3) is 0 Å². The van der Waals surface area contributed by atoms with Crippen LogP contribution in [0.15, 0.2) is 30.5 Å². The van der Waals surface area contributed by atoms with Crippen LogP contribution in [-0.4, -0.2) is 56.9 Å². The molecule has 0 saturated carbocycles. The van der Waals surface area contributed by atoms with Gasteiger partial charge in [0.05, 0.1) is 18.5 Å². The Morgan fingerprint density at radius 1 is 1.23 bits per heavy atom. The molecular weight excluding hydrogens is 386 g/mol. The molecule has 0 spiro atoms. The molecule has 0 amide bonds. The van der Waals surface area contributed by atoms with Gasteiger partial charge in [-0.2, -0.15) is 5.10 Å². The Balaban J connectivity index is 0.000000275. The zero-order chi connectivity index (χ0) is 21.7. The molecule has 1 unspecified atom stereocenters. The van der Waals surface area contributed by atoms with E-state index in [4.69, 9.17) is 14.9 Å². The molecule has 8 nitrogen and oxygen atoms in total. The highest BCUT2D eigenvalue weighted by molar-refractivity contribution is 5.89. The lowest BCUT2D eigenvalue weighted by atomic mass is 9.79. The number of ether oxygens (including phenoxy) is 1. The largest absolute Gasteiger partial charge is 0.493 e. The first kappa shape index (κ1) is 21.6. The standard InChI is InChI=1S/C18H23N3O.C4H4O4/c1-3-8-21-9-7-12-5-6-15(22-4-2)17-16(12)14(21)10-13-11-19-20-18(13)17;5-3(6)1-2-4(7)8/h5-6,11,14H,3-4,7-10H2,1-2H3,(H,19,20);1-2H,(H,5,6)(H,7,8). The predicted octanol–water partition coefficient (Wildman–Crippen LogP) is 3.05. The number of carboxylic acid groups (broad SMARTS) is 2. The van der Waals surface area contributed by atoms with Crippen LogP contribution in [0.2, 0.25) is 0 Å². The van der Waals surface area contributed by atoms with E-state index in [1.54, 1.807) is 0 Å². The topological polar surface area (TPSA) is 116 Å². The van der Waals surface area contributed by atoms with E-state index in [1.807, 2.05) is 13.1 Å². The number of carbonyl (C=O) groups is 2. The van der Waals surface area contributed by atoms with E-state index in [0.717, 1.165) is 37.4 Å². The molecule has 0 saturated heterocycles. The van der Waals surface area contributed by atoms with Crippen molar-refractivity contribution in [2.75, 3.05) is 19.7 Å². The molecule has 4 rings (SSSR count). The number of nitrogens with zero attached hydrogens (tertiary/aromatic N) is 2. The summed E-state index contributed by atoms with van der Waals surface area (Å²) < 4.78 is 5.93. The molecule has 1 aliphatic heterocycles. The molecular formula is C22H27N3O5. The Morgan fingerprint density at radius 2 is 1.97 bits per heavy atom. The van der Waals surface area contributed by atoms with Gasteiger partial charge in [0, 0.05) is 30.3 Å². The fraction of sp³-hybridized carbons (Fsp3) is 0.409. The van der Waals surface area contributed by atoms with Crippen molar-refractivity contribution in [2.45, 2.75) is 39.2 Å². The molecule has 1 aromatic heterocycles. The van der Waals surface area contributed by atoms with E-state index in [1.165, 1.54) is 28.7 Å². The average Bonchev–Trinajstić information content (AvgIpc) is 3.19. The van der Waals surface area contributed by atoms with Crippen LogP contribution in [0, 0.1) is 0 Å². The summed E-state index contributed by atoms with van der Waals surface area (Å²) in [4.78, 5) is 21.7. The summed E-state index contributed by atoms with van der Waals surface area (Å²) in [5.74, 6) is -1.52. The highest BCUT2D eigenvalue weighted by Gasteiger charge is 2.36. The minimum absolute atomic E-state index is 0.476. The van der Waals surface area contributed by atoms with Gasteiger partial charge in [0.15, 0.2) is 0 Å². The number of carboxylic acids is 2. The minimum atomic E-state index is -1.26. The van der Waals surface area contributed by atoms with Gasteiger partial charge in [-0.1, -0.05) is 13.0 Å². The number of H-pyrrole nitrogens is 1. The van der Waals surface area contributed by atoms with Crippen LogP contribution >= 0.6 is 0 Å². The Labute approximate surface area is 175 Å². The molecule has 160 valence electrons. The fourth-order valence-electron chi connectivity index (χ4n) is 4.20. The molecule has 8 heteroatoms. The Morgan fingerprint density at radius 3 is 2.60 bits per heavy atom. The number of rotatable bonds is 6. The molecule has 2 heterocycles. The van der Waals surface area contributed by atoms with Crippen LogP contribution < -0.4 is 4.74 Å². The Hall–Kier alpha value is -3.13. The highest BCUT2D eigenvalue weighted by Crippen LogP contribution is 2.48. The molecule has 1 atom stereocenters. The van der Waals surface area contributed by atoms with E-state index >= 15 is 0 Å². The molecule has 0 radical (unpaired) electrons. The summed E-state index contributed by atoms with van der Waals surface area (Å²) in [5.41, 5.74) is 6.69. The summed E-state index contributed by atoms with van der Waals surface area (Å²) in [6.45, 7) is 7.32. The molecule has 1 aliphatic carbocycles. The Kier molecular flexibility index (Phi) is 6.89. The summed E-state index contributed by atoms with van der Waals surface area (Å²) in [5, 5.41) is 23.1. The summed E-state index contributed by atoms with van der Waals surface area (Å²) >= 11 is 0. The smallest absolute Gasteiger partial charge is 0.328 e. The van der Waals surface area contributed by atoms with Crippen LogP contribution in [0.4, 0.5) is 0 Å². The van der Waals surface area contributed by atoms with Crippen molar-refractivity contribution in [1.29, 1.82) is 0 Å². The van der Waals surface area contributed by atoms with Gasteiger partial charge in [0.1, 0.15) is 5.75 Å². The zero-order valence-corrected chi connectivity index (χ0v) is 17.2. The molecule has 2 aliphatic rings. The van der Waals surface area contributed by atoms with Gasteiger partial charge >= 0.3 is 11.9 Å². The van der Waals surface area contributed by atoms with Crippen LogP contribution in [0.1, 0.15) is 43.0 Å². The Bertz CT molecular complexity index is 934. The van der Waals surface area contributed by atoms with E-state index in [0.29, 0.717) is 24.8 Å². The van der Waals surface area contributed by atoms with E-state index in [2.05, 4.69) is 34.2 Å². The first-order chi connectivity index (χ1) is 14.5. The number of nitrogens with one attached hydrogen (secondary N) is 1. The van der Waals surface area contributed by atoms with Crippen LogP contribution in [0.5, 0.6) is 5.75 Å². The van der Waals surface area contributed by atoms with Gasteiger partial charge < -0.3 is 14.9 Å². The molecule has 30 heavy (non-hydrogen) atoms. The van der Waals surface area contributed by atoms with Gasteiger partial charge in [-0.3, -0.25) is 10.00 Å². The normalized spacial score (nSPS) is 16.9. The number of aromatic amines is 1. The fourth-order valence-corrected chi connectivity index (χ4v) is 4.20. The van der Waals surface area contributed by atoms with E-state index < -0.39 is 11.9 Å². The summed E-state index contributed by atoms with van der Waals surface area (Å²) in [6, 6.07) is 4.88. The van der Waals surface area contributed by atoms with Gasteiger partial charge in [0.2, 0.25) is 0 Å². The number of hydrogen-bond donors (Lipinski definition) is 3.